The van der Waals surface area contributed by atoms with Crippen LogP contribution in [0.25, 0.3) is 10.9 Å². The standard InChI is InChI=1S/C23H28FN5O.HI/c1-3-26-23(27-11-9-16-5-4-6-17(13-16)22(30)25-2)28-12-10-18-15-29-21-8-7-19(24)14-20(18)21;/h4-8,13-15,29H,3,9-12H2,1-2H3,(H,25,30)(H2,26,27,28);1H. The molecule has 0 bridgehead atoms. The molecule has 3 rings (SSSR count). The maximum Gasteiger partial charge on any atom is 0.251 e. The Morgan fingerprint density at radius 1 is 1.13 bits per heavy atom. The highest BCUT2D eigenvalue weighted by Gasteiger charge is 2.06. The topological polar surface area (TPSA) is 81.3 Å². The number of fused-ring (bicyclic) bond motifs is 1. The van der Waals surface area contributed by atoms with E-state index in [0.717, 1.165) is 41.0 Å². The first kappa shape index (κ1) is 24.6. The second-order valence-electron chi connectivity index (χ2n) is 6.97. The summed E-state index contributed by atoms with van der Waals surface area (Å²) in [6.45, 7) is 4.06. The fourth-order valence-corrected chi connectivity index (χ4v) is 3.33. The van der Waals surface area contributed by atoms with Gasteiger partial charge in [0.15, 0.2) is 5.96 Å². The van der Waals surface area contributed by atoms with Crippen molar-refractivity contribution in [2.75, 3.05) is 26.7 Å². The SMILES string of the molecule is CCNC(=NCCc1c[nH]c2ccc(F)cc12)NCCc1cccc(C(=O)NC)c1.I. The van der Waals surface area contributed by atoms with Crippen molar-refractivity contribution in [2.45, 2.75) is 19.8 Å². The zero-order valence-corrected chi connectivity index (χ0v) is 20.1. The number of guanidine groups is 1. The lowest BCUT2D eigenvalue weighted by atomic mass is 10.1. The van der Waals surface area contributed by atoms with Gasteiger partial charge in [0.1, 0.15) is 5.82 Å². The average molecular weight is 537 g/mol. The summed E-state index contributed by atoms with van der Waals surface area (Å²) in [7, 11) is 1.63. The molecule has 6 nitrogen and oxygen atoms in total. The van der Waals surface area contributed by atoms with Gasteiger partial charge in [-0.3, -0.25) is 9.79 Å². The molecule has 0 fully saturated rings. The summed E-state index contributed by atoms with van der Waals surface area (Å²) in [5.74, 6) is 0.421. The highest BCUT2D eigenvalue weighted by atomic mass is 127. The molecule has 3 aromatic rings. The molecule has 1 heterocycles. The van der Waals surface area contributed by atoms with Gasteiger partial charge in [-0.1, -0.05) is 12.1 Å². The highest BCUT2D eigenvalue weighted by molar-refractivity contribution is 14.0. The third kappa shape index (κ3) is 6.95. The lowest BCUT2D eigenvalue weighted by Gasteiger charge is -2.11. The molecule has 0 saturated heterocycles. The number of amides is 1. The molecule has 0 spiro atoms. The molecule has 0 saturated carbocycles. The van der Waals surface area contributed by atoms with E-state index in [-0.39, 0.29) is 35.7 Å². The first-order valence-electron chi connectivity index (χ1n) is 10.2. The summed E-state index contributed by atoms with van der Waals surface area (Å²) in [6, 6.07) is 12.4. The lowest BCUT2D eigenvalue weighted by Crippen LogP contribution is -2.38. The number of rotatable bonds is 8. The van der Waals surface area contributed by atoms with Crippen molar-refractivity contribution in [1.82, 2.24) is 20.9 Å². The van der Waals surface area contributed by atoms with Gasteiger partial charge in [0.25, 0.3) is 5.91 Å². The minimum Gasteiger partial charge on any atom is -0.361 e. The van der Waals surface area contributed by atoms with E-state index in [9.17, 15) is 9.18 Å². The van der Waals surface area contributed by atoms with Crippen LogP contribution in [-0.4, -0.2) is 43.5 Å². The smallest absolute Gasteiger partial charge is 0.251 e. The largest absolute Gasteiger partial charge is 0.361 e. The van der Waals surface area contributed by atoms with Crippen LogP contribution in [0.1, 0.15) is 28.4 Å². The van der Waals surface area contributed by atoms with E-state index in [2.05, 4.69) is 25.9 Å². The number of aromatic nitrogens is 1. The summed E-state index contributed by atoms with van der Waals surface area (Å²) in [5.41, 5.74) is 3.72. The van der Waals surface area contributed by atoms with Gasteiger partial charge >= 0.3 is 0 Å². The third-order valence-electron chi connectivity index (χ3n) is 4.85. The van der Waals surface area contributed by atoms with Gasteiger partial charge in [-0.2, -0.15) is 0 Å². The fourth-order valence-electron chi connectivity index (χ4n) is 3.33. The first-order chi connectivity index (χ1) is 14.6. The van der Waals surface area contributed by atoms with E-state index in [1.54, 1.807) is 25.2 Å². The Hall–Kier alpha value is -2.62. The summed E-state index contributed by atoms with van der Waals surface area (Å²) >= 11 is 0. The predicted molar refractivity (Wildman–Crippen MR) is 135 cm³/mol. The molecule has 1 amide bonds. The van der Waals surface area contributed by atoms with Crippen LogP contribution in [-0.2, 0) is 12.8 Å². The number of nitrogens with zero attached hydrogens (tertiary/aromatic N) is 1. The molecule has 0 unspecified atom stereocenters. The van der Waals surface area contributed by atoms with Gasteiger partial charge in [0.2, 0.25) is 0 Å². The number of benzene rings is 2. The number of halogens is 2. The van der Waals surface area contributed by atoms with Crippen molar-refractivity contribution in [3.8, 4) is 0 Å². The molecule has 31 heavy (non-hydrogen) atoms. The van der Waals surface area contributed by atoms with Crippen molar-refractivity contribution in [2.24, 2.45) is 4.99 Å². The molecule has 4 N–H and O–H groups in total. The zero-order chi connectivity index (χ0) is 21.3. The number of carbonyl (C=O) groups is 1. The quantitative estimate of drug-likeness (QED) is 0.201. The number of hydrogen-bond donors (Lipinski definition) is 4. The molecule has 166 valence electrons. The van der Waals surface area contributed by atoms with Gasteiger partial charge in [-0.25, -0.2) is 4.39 Å². The highest BCUT2D eigenvalue weighted by Crippen LogP contribution is 2.19. The molecular weight excluding hydrogens is 508 g/mol. The van der Waals surface area contributed by atoms with E-state index in [4.69, 9.17) is 0 Å². The maximum absolute atomic E-state index is 13.5. The predicted octanol–water partition coefficient (Wildman–Crippen LogP) is 3.62. The van der Waals surface area contributed by atoms with Crippen LogP contribution >= 0.6 is 24.0 Å². The van der Waals surface area contributed by atoms with Gasteiger partial charge in [-0.05, 0) is 61.2 Å². The summed E-state index contributed by atoms with van der Waals surface area (Å²) in [4.78, 5) is 19.6. The second kappa shape index (κ2) is 12.3. The van der Waals surface area contributed by atoms with E-state index in [0.29, 0.717) is 25.1 Å². The first-order valence-corrected chi connectivity index (χ1v) is 10.2. The van der Waals surface area contributed by atoms with Crippen molar-refractivity contribution < 1.29 is 9.18 Å². The minimum atomic E-state index is -0.234. The number of aromatic amines is 1. The van der Waals surface area contributed by atoms with E-state index < -0.39 is 0 Å². The molecular formula is C23H29FIN5O. The molecule has 0 aliphatic carbocycles. The Labute approximate surface area is 199 Å². The summed E-state index contributed by atoms with van der Waals surface area (Å²) in [5, 5.41) is 10.1. The van der Waals surface area contributed by atoms with E-state index >= 15 is 0 Å². The van der Waals surface area contributed by atoms with Crippen LogP contribution in [0.5, 0.6) is 0 Å². The van der Waals surface area contributed by atoms with Crippen molar-refractivity contribution in [1.29, 1.82) is 0 Å². The number of nitrogens with one attached hydrogen (secondary N) is 4. The Morgan fingerprint density at radius 2 is 1.97 bits per heavy atom. The van der Waals surface area contributed by atoms with E-state index in [1.165, 1.54) is 6.07 Å². The van der Waals surface area contributed by atoms with Crippen molar-refractivity contribution >= 4 is 46.7 Å². The Bertz CT molecular complexity index is 1030. The number of carbonyl (C=O) groups excluding carboxylic acids is 1. The van der Waals surface area contributed by atoms with Crippen molar-refractivity contribution in [3.63, 3.8) is 0 Å². The zero-order valence-electron chi connectivity index (χ0n) is 17.8. The molecule has 8 heteroatoms. The number of H-pyrrole nitrogens is 1. The fraction of sp³-hybridized carbons (Fsp3) is 0.304. The van der Waals surface area contributed by atoms with Crippen molar-refractivity contribution in [3.05, 3.63) is 71.2 Å². The van der Waals surface area contributed by atoms with Crippen LogP contribution in [0.2, 0.25) is 0 Å². The Morgan fingerprint density at radius 3 is 2.74 bits per heavy atom. The number of hydrogen-bond acceptors (Lipinski definition) is 2. The van der Waals surface area contributed by atoms with Gasteiger partial charge < -0.3 is 20.9 Å². The third-order valence-corrected chi connectivity index (χ3v) is 4.85. The number of aliphatic imine (C=N–C) groups is 1. The lowest BCUT2D eigenvalue weighted by molar-refractivity contribution is 0.0963. The monoisotopic (exact) mass is 537 g/mol. The summed E-state index contributed by atoms with van der Waals surface area (Å²) in [6.07, 6.45) is 3.41. The normalized spacial score (nSPS) is 11.1. The summed E-state index contributed by atoms with van der Waals surface area (Å²) < 4.78 is 13.5. The maximum atomic E-state index is 13.5. The minimum absolute atomic E-state index is 0. The van der Waals surface area contributed by atoms with Crippen LogP contribution < -0.4 is 16.0 Å². The van der Waals surface area contributed by atoms with Crippen LogP contribution in [0.3, 0.4) is 0 Å². The molecule has 1 aromatic heterocycles. The van der Waals surface area contributed by atoms with Crippen LogP contribution in [0.15, 0.2) is 53.7 Å². The Kier molecular flexibility index (Phi) is 9.77. The molecule has 0 radical (unpaired) electrons. The van der Waals surface area contributed by atoms with Gasteiger partial charge in [0, 0.05) is 49.3 Å². The Balaban J connectivity index is 0.00000341. The van der Waals surface area contributed by atoms with E-state index in [1.807, 2.05) is 31.3 Å². The van der Waals surface area contributed by atoms with Gasteiger partial charge in [-0.15, -0.1) is 24.0 Å². The van der Waals surface area contributed by atoms with Crippen LogP contribution in [0, 0.1) is 5.82 Å². The van der Waals surface area contributed by atoms with Crippen LogP contribution in [0.4, 0.5) is 4.39 Å². The molecule has 0 aliphatic rings. The molecule has 0 aliphatic heterocycles. The average Bonchev–Trinajstić information content (AvgIpc) is 3.15. The second-order valence-corrected chi connectivity index (χ2v) is 6.97. The molecule has 2 aromatic carbocycles. The molecule has 0 atom stereocenters. The van der Waals surface area contributed by atoms with Gasteiger partial charge in [0.05, 0.1) is 0 Å².